The monoisotopic (exact) mass is 324 g/mol. The van der Waals surface area contributed by atoms with Crippen molar-refractivity contribution < 1.29 is 9.76 Å². The molecule has 0 heterocycles. The van der Waals surface area contributed by atoms with E-state index in [2.05, 4.69) is 5.16 Å². The summed E-state index contributed by atoms with van der Waals surface area (Å²) in [6.45, 7) is 0.208. The van der Waals surface area contributed by atoms with Gasteiger partial charge in [-0.15, -0.1) is 0 Å². The number of oxime groups is 1. The molecule has 0 spiro atoms. The molecule has 2 aromatic carbocycles. The van der Waals surface area contributed by atoms with Gasteiger partial charge in [0.25, 0.3) is 5.69 Å². The summed E-state index contributed by atoms with van der Waals surface area (Å²) in [7, 11) is 0. The van der Waals surface area contributed by atoms with Crippen LogP contribution in [0.5, 0.6) is 0 Å². The van der Waals surface area contributed by atoms with E-state index in [1.165, 1.54) is 18.3 Å². The smallest absolute Gasteiger partial charge is 0.269 e. The number of nitro groups is 1. The van der Waals surface area contributed by atoms with Crippen LogP contribution in [-0.2, 0) is 11.4 Å². The van der Waals surface area contributed by atoms with Crippen molar-refractivity contribution in [2.75, 3.05) is 0 Å². The molecule has 0 aliphatic carbocycles. The second-order valence-corrected chi connectivity index (χ2v) is 4.94. The fraction of sp³-hybridized carbons (Fsp3) is 0.0714. The van der Waals surface area contributed by atoms with Crippen LogP contribution in [0.4, 0.5) is 5.69 Å². The van der Waals surface area contributed by atoms with Crippen molar-refractivity contribution in [3.63, 3.8) is 0 Å². The maximum atomic E-state index is 10.5. The first-order valence-electron chi connectivity index (χ1n) is 5.90. The zero-order valence-electron chi connectivity index (χ0n) is 10.7. The highest BCUT2D eigenvalue weighted by Crippen LogP contribution is 2.19. The fourth-order valence-corrected chi connectivity index (χ4v) is 1.98. The summed E-state index contributed by atoms with van der Waals surface area (Å²) in [5, 5.41) is 15.3. The quantitative estimate of drug-likeness (QED) is 0.463. The molecule has 0 amide bonds. The Bertz CT molecular complexity index is 672. The lowest BCUT2D eigenvalue weighted by Gasteiger charge is -2.00. The fourth-order valence-electron chi connectivity index (χ4n) is 1.53. The van der Waals surface area contributed by atoms with Gasteiger partial charge in [-0.1, -0.05) is 34.4 Å². The van der Waals surface area contributed by atoms with Gasteiger partial charge in [0.05, 0.1) is 16.2 Å². The van der Waals surface area contributed by atoms with Gasteiger partial charge in [-0.25, -0.2) is 0 Å². The molecule has 0 saturated heterocycles. The number of hydrogen-bond acceptors (Lipinski definition) is 4. The lowest BCUT2D eigenvalue weighted by Crippen LogP contribution is -1.91. The first-order valence-corrected chi connectivity index (χ1v) is 6.65. The Balaban J connectivity index is 1.91. The van der Waals surface area contributed by atoms with Crippen molar-refractivity contribution in [2.24, 2.45) is 5.16 Å². The number of non-ortho nitro benzene ring substituents is 1. The predicted molar refractivity (Wildman–Crippen MR) is 81.9 cm³/mol. The minimum absolute atomic E-state index is 0.0372. The molecule has 0 N–H and O–H groups in total. The van der Waals surface area contributed by atoms with E-state index >= 15 is 0 Å². The molecular formula is C14H10Cl2N2O3. The molecule has 108 valence electrons. The Morgan fingerprint density at radius 2 is 1.90 bits per heavy atom. The molecule has 0 atom stereocenters. The lowest BCUT2D eigenvalue weighted by molar-refractivity contribution is -0.384. The van der Waals surface area contributed by atoms with Crippen molar-refractivity contribution in [3.05, 3.63) is 73.8 Å². The van der Waals surface area contributed by atoms with Gasteiger partial charge in [0.1, 0.15) is 6.61 Å². The molecule has 5 nitrogen and oxygen atoms in total. The number of hydrogen-bond donors (Lipinski definition) is 0. The number of rotatable bonds is 5. The molecule has 0 unspecified atom stereocenters. The summed E-state index contributed by atoms with van der Waals surface area (Å²) in [5.41, 5.74) is 1.50. The van der Waals surface area contributed by atoms with Gasteiger partial charge in [0, 0.05) is 22.7 Å². The Hall–Kier alpha value is -2.11. The highest BCUT2D eigenvalue weighted by Gasteiger charge is 2.03. The van der Waals surface area contributed by atoms with E-state index in [-0.39, 0.29) is 12.3 Å². The second-order valence-electron chi connectivity index (χ2n) is 4.10. The van der Waals surface area contributed by atoms with Crippen LogP contribution in [-0.4, -0.2) is 11.1 Å². The van der Waals surface area contributed by atoms with Crippen LogP contribution < -0.4 is 0 Å². The van der Waals surface area contributed by atoms with Crippen molar-refractivity contribution in [3.8, 4) is 0 Å². The van der Waals surface area contributed by atoms with Gasteiger partial charge in [-0.3, -0.25) is 10.1 Å². The topological polar surface area (TPSA) is 64.7 Å². The predicted octanol–water partition coefficient (Wildman–Crippen LogP) is 4.45. The molecule has 21 heavy (non-hydrogen) atoms. The second kappa shape index (κ2) is 7.06. The maximum absolute atomic E-state index is 10.5. The third kappa shape index (κ3) is 4.44. The van der Waals surface area contributed by atoms with Crippen LogP contribution >= 0.6 is 23.2 Å². The molecule has 0 aliphatic rings. The molecule has 2 aromatic rings. The van der Waals surface area contributed by atoms with E-state index < -0.39 is 4.92 Å². The summed E-state index contributed by atoms with van der Waals surface area (Å²) in [4.78, 5) is 15.2. The molecule has 0 saturated carbocycles. The third-order valence-corrected chi connectivity index (χ3v) is 3.17. The van der Waals surface area contributed by atoms with Crippen molar-refractivity contribution in [2.45, 2.75) is 6.61 Å². The number of nitro benzene ring substituents is 1. The number of benzene rings is 2. The Morgan fingerprint density at radius 3 is 2.52 bits per heavy atom. The van der Waals surface area contributed by atoms with Crippen LogP contribution in [0.25, 0.3) is 0 Å². The summed E-state index contributed by atoms with van der Waals surface area (Å²) in [6.07, 6.45) is 1.48. The molecule has 0 radical (unpaired) electrons. The summed E-state index contributed by atoms with van der Waals surface area (Å²) in [5.74, 6) is 0. The molecule has 2 rings (SSSR count). The zero-order valence-corrected chi connectivity index (χ0v) is 12.2. The molecule has 7 heteroatoms. The van der Waals surface area contributed by atoms with Crippen LogP contribution in [0.1, 0.15) is 11.1 Å². The molecule has 0 aromatic heterocycles. The highest BCUT2D eigenvalue weighted by atomic mass is 35.5. The molecular weight excluding hydrogens is 315 g/mol. The average Bonchev–Trinajstić information content (AvgIpc) is 2.46. The SMILES string of the molecule is O=[N+]([O-])c1ccc(CO/N=C/c2ccc(Cl)cc2Cl)cc1. The van der Waals surface area contributed by atoms with Gasteiger partial charge in [-0.05, 0) is 29.8 Å². The van der Waals surface area contributed by atoms with Crippen LogP contribution in [0, 0.1) is 10.1 Å². The van der Waals surface area contributed by atoms with Crippen LogP contribution in [0.15, 0.2) is 47.6 Å². The van der Waals surface area contributed by atoms with E-state index in [1.54, 1.807) is 30.3 Å². The van der Waals surface area contributed by atoms with E-state index in [0.29, 0.717) is 15.6 Å². The number of nitrogens with zero attached hydrogens (tertiary/aromatic N) is 2. The Morgan fingerprint density at radius 1 is 1.19 bits per heavy atom. The van der Waals surface area contributed by atoms with Crippen molar-refractivity contribution >= 4 is 35.1 Å². The Labute approximate surface area is 130 Å². The van der Waals surface area contributed by atoms with Crippen LogP contribution in [0.2, 0.25) is 10.0 Å². The van der Waals surface area contributed by atoms with Crippen LogP contribution in [0.3, 0.4) is 0 Å². The van der Waals surface area contributed by atoms with Crippen molar-refractivity contribution in [1.29, 1.82) is 0 Å². The summed E-state index contributed by atoms with van der Waals surface area (Å²) in [6, 6.07) is 11.1. The zero-order chi connectivity index (χ0) is 15.2. The minimum Gasteiger partial charge on any atom is -0.391 e. The molecule has 0 fully saturated rings. The molecule has 0 bridgehead atoms. The third-order valence-electron chi connectivity index (χ3n) is 2.61. The van der Waals surface area contributed by atoms with Gasteiger partial charge < -0.3 is 4.84 Å². The Kier molecular flexibility index (Phi) is 5.14. The van der Waals surface area contributed by atoms with Gasteiger partial charge in [0.15, 0.2) is 0 Å². The average molecular weight is 325 g/mol. The minimum atomic E-state index is -0.453. The normalized spacial score (nSPS) is 10.8. The van der Waals surface area contributed by atoms with E-state index in [0.717, 1.165) is 5.56 Å². The van der Waals surface area contributed by atoms with E-state index in [9.17, 15) is 10.1 Å². The standard InChI is InChI=1S/C14H10Cl2N2O3/c15-12-4-3-11(14(16)7-12)8-17-21-9-10-1-5-13(6-2-10)18(19)20/h1-8H,9H2/b17-8+. The van der Waals surface area contributed by atoms with Gasteiger partial charge >= 0.3 is 0 Å². The first kappa shape index (κ1) is 15.3. The lowest BCUT2D eigenvalue weighted by atomic mass is 10.2. The summed E-state index contributed by atoms with van der Waals surface area (Å²) >= 11 is 11.8. The van der Waals surface area contributed by atoms with E-state index in [1.807, 2.05) is 0 Å². The maximum Gasteiger partial charge on any atom is 0.269 e. The van der Waals surface area contributed by atoms with E-state index in [4.69, 9.17) is 28.0 Å². The largest absolute Gasteiger partial charge is 0.391 e. The van der Waals surface area contributed by atoms with Crippen molar-refractivity contribution in [1.82, 2.24) is 0 Å². The number of halogens is 2. The van der Waals surface area contributed by atoms with Gasteiger partial charge in [0.2, 0.25) is 0 Å². The summed E-state index contributed by atoms with van der Waals surface area (Å²) < 4.78 is 0. The van der Waals surface area contributed by atoms with Gasteiger partial charge in [-0.2, -0.15) is 0 Å². The highest BCUT2D eigenvalue weighted by molar-refractivity contribution is 6.36. The first-order chi connectivity index (χ1) is 10.1. The molecule has 0 aliphatic heterocycles.